The van der Waals surface area contributed by atoms with E-state index in [1.54, 1.807) is 19.2 Å². The maximum absolute atomic E-state index is 11.9. The summed E-state index contributed by atoms with van der Waals surface area (Å²) in [5, 5.41) is 1.18. The summed E-state index contributed by atoms with van der Waals surface area (Å²) in [7, 11) is -3.40. The average Bonchev–Trinajstić information content (AvgIpc) is 2.36. The van der Waals surface area contributed by atoms with Crippen molar-refractivity contribution in [2.75, 3.05) is 6.54 Å². The number of hydrogen-bond donors (Lipinski definition) is 1. The predicted octanol–water partition coefficient (Wildman–Crippen LogP) is 2.09. The monoisotopic (exact) mass is 323 g/mol. The summed E-state index contributed by atoms with van der Waals surface area (Å²) in [6, 6.07) is 5.54. The first kappa shape index (κ1) is 17.5. The van der Waals surface area contributed by atoms with E-state index in [0.717, 1.165) is 0 Å². The number of hydrogen-bond acceptors (Lipinski definition) is 3. The molecular formula is C13H16F3NO3S. The van der Waals surface area contributed by atoms with Gasteiger partial charge in [-0.2, -0.15) is 13.2 Å². The van der Waals surface area contributed by atoms with Gasteiger partial charge in [0.05, 0.1) is 16.6 Å². The molecule has 0 atom stereocenters. The highest BCUT2D eigenvalue weighted by Gasteiger charge is 2.27. The van der Waals surface area contributed by atoms with Gasteiger partial charge in [0.25, 0.3) is 0 Å². The van der Waals surface area contributed by atoms with Crippen molar-refractivity contribution in [3.05, 3.63) is 29.8 Å². The lowest BCUT2D eigenvalue weighted by Gasteiger charge is -2.10. The third-order valence-electron chi connectivity index (χ3n) is 2.72. The van der Waals surface area contributed by atoms with Gasteiger partial charge >= 0.3 is 6.18 Å². The maximum Gasteiger partial charge on any atom is 0.405 e. The van der Waals surface area contributed by atoms with Crippen LogP contribution in [0.5, 0.6) is 0 Å². The molecule has 4 nitrogen and oxygen atoms in total. The first-order chi connectivity index (χ1) is 9.52. The normalized spacial score (nSPS) is 12.5. The zero-order valence-electron chi connectivity index (χ0n) is 11.6. The van der Waals surface area contributed by atoms with Crippen molar-refractivity contribution in [2.45, 2.75) is 36.6 Å². The van der Waals surface area contributed by atoms with Crippen LogP contribution in [0.15, 0.2) is 29.2 Å². The molecule has 0 aliphatic rings. The molecule has 0 bridgehead atoms. The Morgan fingerprint density at radius 3 is 2.14 bits per heavy atom. The van der Waals surface area contributed by atoms with Crippen molar-refractivity contribution in [3.8, 4) is 0 Å². The molecule has 0 unspecified atom stereocenters. The van der Waals surface area contributed by atoms with Gasteiger partial charge < -0.3 is 5.32 Å². The minimum atomic E-state index is -4.45. The number of nitrogens with one attached hydrogen (secondary N) is 1. The standard InChI is InChI=1S/C13H16F3NO3S/c1-9(2)21(19,20)11-5-3-10(4-6-11)7-12(18)17-8-13(14,15)16/h3-6,9H,7-8H2,1-2H3,(H,17,18). The molecule has 0 saturated heterocycles. The van der Waals surface area contributed by atoms with Crippen LogP contribution in [0, 0.1) is 0 Å². The quantitative estimate of drug-likeness (QED) is 0.902. The Morgan fingerprint density at radius 1 is 1.19 bits per heavy atom. The molecular weight excluding hydrogens is 307 g/mol. The highest BCUT2D eigenvalue weighted by Crippen LogP contribution is 2.17. The van der Waals surface area contributed by atoms with Crippen LogP contribution in [0.4, 0.5) is 13.2 Å². The van der Waals surface area contributed by atoms with Crippen molar-refractivity contribution in [1.82, 2.24) is 5.32 Å². The molecule has 1 aromatic rings. The van der Waals surface area contributed by atoms with Gasteiger partial charge in [0, 0.05) is 0 Å². The minimum Gasteiger partial charge on any atom is -0.347 e. The maximum atomic E-state index is 11.9. The fourth-order valence-electron chi connectivity index (χ4n) is 1.52. The van der Waals surface area contributed by atoms with Crippen molar-refractivity contribution < 1.29 is 26.4 Å². The van der Waals surface area contributed by atoms with Gasteiger partial charge in [-0.05, 0) is 31.5 Å². The summed E-state index contributed by atoms with van der Waals surface area (Å²) in [5.41, 5.74) is 0.442. The van der Waals surface area contributed by atoms with Gasteiger partial charge in [0.1, 0.15) is 6.54 Å². The number of sulfone groups is 1. The van der Waals surface area contributed by atoms with E-state index in [4.69, 9.17) is 0 Å². The second kappa shape index (κ2) is 6.46. The molecule has 0 aromatic heterocycles. The summed E-state index contributed by atoms with van der Waals surface area (Å²) in [6.45, 7) is 1.72. The van der Waals surface area contributed by atoms with Crippen LogP contribution >= 0.6 is 0 Å². The van der Waals surface area contributed by atoms with E-state index in [1.165, 1.54) is 24.3 Å². The molecule has 1 aromatic carbocycles. The Hall–Kier alpha value is -1.57. The second-order valence-electron chi connectivity index (χ2n) is 4.81. The molecule has 0 aliphatic heterocycles. The molecule has 0 radical (unpaired) electrons. The molecule has 0 fully saturated rings. The average molecular weight is 323 g/mol. The summed E-state index contributed by atoms with van der Waals surface area (Å²) in [5.74, 6) is -0.771. The van der Waals surface area contributed by atoms with Crippen molar-refractivity contribution in [1.29, 1.82) is 0 Å². The number of carbonyl (C=O) groups excluding carboxylic acids is 1. The number of halogens is 3. The Morgan fingerprint density at radius 2 is 1.71 bits per heavy atom. The Bertz CT molecular complexity index is 592. The van der Waals surface area contributed by atoms with Gasteiger partial charge in [0.15, 0.2) is 9.84 Å². The van der Waals surface area contributed by atoms with Crippen LogP contribution in [0.25, 0.3) is 0 Å². The number of alkyl halides is 3. The minimum absolute atomic E-state index is 0.122. The molecule has 8 heteroatoms. The topological polar surface area (TPSA) is 63.2 Å². The van der Waals surface area contributed by atoms with Crippen LogP contribution in [-0.2, 0) is 21.1 Å². The van der Waals surface area contributed by atoms with Gasteiger partial charge in [-0.15, -0.1) is 0 Å². The Balaban J connectivity index is 2.70. The third-order valence-corrected chi connectivity index (χ3v) is 4.89. The fourth-order valence-corrected chi connectivity index (χ4v) is 2.58. The van der Waals surface area contributed by atoms with Gasteiger partial charge in [-0.25, -0.2) is 8.42 Å². The van der Waals surface area contributed by atoms with E-state index in [9.17, 15) is 26.4 Å². The zero-order chi connectivity index (χ0) is 16.3. The number of carbonyl (C=O) groups is 1. The van der Waals surface area contributed by atoms with Crippen LogP contribution in [-0.4, -0.2) is 32.3 Å². The highest BCUT2D eigenvalue weighted by atomic mass is 32.2. The van der Waals surface area contributed by atoms with Gasteiger partial charge in [0.2, 0.25) is 5.91 Å². The first-order valence-corrected chi connectivity index (χ1v) is 7.73. The van der Waals surface area contributed by atoms with Crippen LogP contribution in [0.2, 0.25) is 0 Å². The Kier molecular flexibility index (Phi) is 5.38. The molecule has 0 heterocycles. The number of benzene rings is 1. The Labute approximate surface area is 121 Å². The summed E-state index contributed by atoms with van der Waals surface area (Å²) < 4.78 is 59.5. The number of rotatable bonds is 5. The van der Waals surface area contributed by atoms with Crippen molar-refractivity contribution in [3.63, 3.8) is 0 Å². The second-order valence-corrected chi connectivity index (χ2v) is 7.31. The largest absolute Gasteiger partial charge is 0.405 e. The van der Waals surface area contributed by atoms with E-state index in [2.05, 4.69) is 0 Å². The van der Waals surface area contributed by atoms with E-state index < -0.39 is 33.7 Å². The summed E-state index contributed by atoms with van der Waals surface area (Å²) in [4.78, 5) is 11.4. The smallest absolute Gasteiger partial charge is 0.347 e. The molecule has 118 valence electrons. The number of amides is 1. The lowest BCUT2D eigenvalue weighted by molar-refractivity contribution is -0.138. The van der Waals surface area contributed by atoms with E-state index in [1.807, 2.05) is 0 Å². The van der Waals surface area contributed by atoms with Crippen molar-refractivity contribution in [2.24, 2.45) is 0 Å². The van der Waals surface area contributed by atoms with Crippen LogP contribution in [0.3, 0.4) is 0 Å². The molecule has 21 heavy (non-hydrogen) atoms. The van der Waals surface area contributed by atoms with Gasteiger partial charge in [-0.1, -0.05) is 12.1 Å². The van der Waals surface area contributed by atoms with E-state index in [0.29, 0.717) is 5.56 Å². The lowest BCUT2D eigenvalue weighted by Crippen LogP contribution is -2.34. The SMILES string of the molecule is CC(C)S(=O)(=O)c1ccc(CC(=O)NCC(F)(F)F)cc1. The molecule has 1 rings (SSSR count). The third kappa shape index (κ3) is 5.37. The lowest BCUT2D eigenvalue weighted by atomic mass is 10.1. The van der Waals surface area contributed by atoms with E-state index >= 15 is 0 Å². The van der Waals surface area contributed by atoms with Crippen LogP contribution < -0.4 is 5.32 Å². The van der Waals surface area contributed by atoms with E-state index in [-0.39, 0.29) is 11.3 Å². The predicted molar refractivity (Wildman–Crippen MR) is 71.5 cm³/mol. The summed E-state index contributed by atoms with van der Waals surface area (Å²) in [6.07, 6.45) is -4.69. The first-order valence-electron chi connectivity index (χ1n) is 6.18. The van der Waals surface area contributed by atoms with Crippen molar-refractivity contribution >= 4 is 15.7 Å². The highest BCUT2D eigenvalue weighted by molar-refractivity contribution is 7.92. The molecule has 0 aliphatic carbocycles. The van der Waals surface area contributed by atoms with Gasteiger partial charge in [-0.3, -0.25) is 4.79 Å². The molecule has 1 amide bonds. The van der Waals surface area contributed by atoms with Crippen LogP contribution in [0.1, 0.15) is 19.4 Å². The zero-order valence-corrected chi connectivity index (χ0v) is 12.4. The molecule has 0 saturated carbocycles. The molecule has 1 N–H and O–H groups in total. The molecule has 0 spiro atoms. The fraction of sp³-hybridized carbons (Fsp3) is 0.462. The summed E-state index contributed by atoms with van der Waals surface area (Å²) >= 11 is 0.